The van der Waals surface area contributed by atoms with Crippen molar-refractivity contribution in [2.45, 2.75) is 51.5 Å². The highest BCUT2D eigenvalue weighted by Crippen LogP contribution is 2.43. The highest BCUT2D eigenvalue weighted by atomic mass is 16.5. The molecule has 0 saturated carbocycles. The predicted molar refractivity (Wildman–Crippen MR) is 80.7 cm³/mol. The summed E-state index contributed by atoms with van der Waals surface area (Å²) in [6.45, 7) is 7.50. The van der Waals surface area contributed by atoms with E-state index in [2.05, 4.69) is 43.4 Å². The highest BCUT2D eigenvalue weighted by molar-refractivity contribution is 5.71. The molecule has 0 aliphatic heterocycles. The van der Waals surface area contributed by atoms with Crippen molar-refractivity contribution in [1.29, 1.82) is 0 Å². The maximum absolute atomic E-state index is 12.0. The van der Waals surface area contributed by atoms with Gasteiger partial charge in [0.15, 0.2) is 0 Å². The van der Waals surface area contributed by atoms with Crippen LogP contribution in [-0.4, -0.2) is 19.1 Å². The fraction of sp³-hybridized carbons (Fsp3) is 0.588. The van der Waals surface area contributed by atoms with E-state index in [1.807, 2.05) is 6.92 Å². The molecule has 0 saturated heterocycles. The molecule has 0 radical (unpaired) electrons. The van der Waals surface area contributed by atoms with Gasteiger partial charge in [-0.2, -0.15) is 0 Å². The van der Waals surface area contributed by atoms with Gasteiger partial charge in [0, 0.05) is 0 Å². The first-order chi connectivity index (χ1) is 9.63. The summed E-state index contributed by atoms with van der Waals surface area (Å²) in [5.74, 6) is 0.443. The summed E-state index contributed by atoms with van der Waals surface area (Å²) in [6, 6.07) is 8.50. The lowest BCUT2D eigenvalue weighted by atomic mass is 9.71. The first kappa shape index (κ1) is 15.0. The average Bonchev–Trinajstić information content (AvgIpc) is 2.44. The first-order valence-electron chi connectivity index (χ1n) is 7.63. The third-order valence-electron chi connectivity index (χ3n) is 4.28. The number of hydrogen-bond donors (Lipinski definition) is 1. The van der Waals surface area contributed by atoms with E-state index < -0.39 is 0 Å². The molecule has 0 spiro atoms. The van der Waals surface area contributed by atoms with E-state index in [1.54, 1.807) is 0 Å². The van der Waals surface area contributed by atoms with Crippen LogP contribution in [0.3, 0.4) is 0 Å². The Bertz CT molecular complexity index is 472. The summed E-state index contributed by atoms with van der Waals surface area (Å²) < 4.78 is 5.18. The third kappa shape index (κ3) is 2.88. The van der Waals surface area contributed by atoms with Crippen molar-refractivity contribution in [3.05, 3.63) is 35.4 Å². The maximum atomic E-state index is 12.0. The molecule has 2 rings (SSSR count). The van der Waals surface area contributed by atoms with E-state index in [4.69, 9.17) is 4.74 Å². The molecule has 2 atom stereocenters. The van der Waals surface area contributed by atoms with Crippen LogP contribution in [0.2, 0.25) is 0 Å². The summed E-state index contributed by atoms with van der Waals surface area (Å²) >= 11 is 0. The highest BCUT2D eigenvalue weighted by Gasteiger charge is 2.39. The second-order valence-electron chi connectivity index (χ2n) is 5.62. The Balaban J connectivity index is 2.37. The number of fused-ring (bicyclic) bond motifs is 1. The van der Waals surface area contributed by atoms with Crippen molar-refractivity contribution >= 4 is 5.97 Å². The van der Waals surface area contributed by atoms with E-state index in [1.165, 1.54) is 11.1 Å². The molecular weight excluding hydrogens is 250 g/mol. The SMILES string of the molecule is CCNC1(CC(=O)OCC)CCC(C)c2ccccc21. The minimum atomic E-state index is -0.260. The average molecular weight is 275 g/mol. The van der Waals surface area contributed by atoms with E-state index >= 15 is 0 Å². The second kappa shape index (κ2) is 6.40. The smallest absolute Gasteiger partial charge is 0.308 e. The van der Waals surface area contributed by atoms with Gasteiger partial charge in [0.2, 0.25) is 0 Å². The van der Waals surface area contributed by atoms with E-state index in [-0.39, 0.29) is 11.5 Å². The predicted octanol–water partition coefficient (Wildman–Crippen LogP) is 3.34. The van der Waals surface area contributed by atoms with Gasteiger partial charge in [-0.3, -0.25) is 4.79 Å². The summed E-state index contributed by atoms with van der Waals surface area (Å²) in [5.41, 5.74) is 2.38. The van der Waals surface area contributed by atoms with Crippen molar-refractivity contribution in [1.82, 2.24) is 5.32 Å². The molecule has 1 aromatic carbocycles. The minimum absolute atomic E-state index is 0.113. The van der Waals surface area contributed by atoms with Crippen LogP contribution in [-0.2, 0) is 15.1 Å². The van der Waals surface area contributed by atoms with Gasteiger partial charge in [0.25, 0.3) is 0 Å². The molecule has 0 bridgehead atoms. The monoisotopic (exact) mass is 275 g/mol. The standard InChI is InChI=1S/C17H25NO2/c1-4-18-17(12-16(19)20-5-2)11-10-13(3)14-8-6-7-9-15(14)17/h6-9,13,18H,4-5,10-12H2,1-3H3. The molecular formula is C17H25NO2. The Hall–Kier alpha value is -1.35. The largest absolute Gasteiger partial charge is 0.466 e. The Morgan fingerprint density at radius 2 is 2.15 bits per heavy atom. The molecule has 0 fully saturated rings. The van der Waals surface area contributed by atoms with E-state index in [0.717, 1.165) is 19.4 Å². The molecule has 1 aliphatic carbocycles. The van der Waals surface area contributed by atoms with Crippen LogP contribution in [0, 0.1) is 0 Å². The van der Waals surface area contributed by atoms with Crippen molar-refractivity contribution in [2.75, 3.05) is 13.2 Å². The summed E-state index contributed by atoms with van der Waals surface area (Å²) in [7, 11) is 0. The van der Waals surface area contributed by atoms with Gasteiger partial charge in [0.05, 0.1) is 18.6 Å². The van der Waals surface area contributed by atoms with Crippen molar-refractivity contribution in [3.63, 3.8) is 0 Å². The zero-order valence-corrected chi connectivity index (χ0v) is 12.7. The number of ether oxygens (including phenoxy) is 1. The van der Waals surface area contributed by atoms with Crippen LogP contribution in [0.25, 0.3) is 0 Å². The summed E-state index contributed by atoms with van der Waals surface area (Å²) in [4.78, 5) is 12.0. The number of rotatable bonds is 5. The van der Waals surface area contributed by atoms with Crippen molar-refractivity contribution < 1.29 is 9.53 Å². The molecule has 1 aliphatic rings. The van der Waals surface area contributed by atoms with Crippen molar-refractivity contribution in [2.24, 2.45) is 0 Å². The molecule has 3 heteroatoms. The number of benzene rings is 1. The summed E-state index contributed by atoms with van der Waals surface area (Å²) in [6.07, 6.45) is 2.50. The van der Waals surface area contributed by atoms with Crippen LogP contribution in [0.15, 0.2) is 24.3 Å². The molecule has 20 heavy (non-hydrogen) atoms. The maximum Gasteiger partial charge on any atom is 0.308 e. The molecule has 0 aromatic heterocycles. The fourth-order valence-corrected chi connectivity index (χ4v) is 3.34. The molecule has 110 valence electrons. The van der Waals surface area contributed by atoms with Gasteiger partial charge in [0.1, 0.15) is 0 Å². The lowest BCUT2D eigenvalue weighted by molar-refractivity contribution is -0.145. The molecule has 0 amide bonds. The Morgan fingerprint density at radius 1 is 1.40 bits per heavy atom. The van der Waals surface area contributed by atoms with Gasteiger partial charge in [-0.1, -0.05) is 38.1 Å². The Morgan fingerprint density at radius 3 is 2.85 bits per heavy atom. The first-order valence-corrected chi connectivity index (χ1v) is 7.63. The quantitative estimate of drug-likeness (QED) is 0.838. The topological polar surface area (TPSA) is 38.3 Å². The lowest BCUT2D eigenvalue weighted by Gasteiger charge is -2.41. The number of hydrogen-bond acceptors (Lipinski definition) is 3. The van der Waals surface area contributed by atoms with E-state index in [0.29, 0.717) is 18.9 Å². The van der Waals surface area contributed by atoms with Gasteiger partial charge in [-0.15, -0.1) is 0 Å². The van der Waals surface area contributed by atoms with Gasteiger partial charge in [-0.05, 0) is 43.4 Å². The van der Waals surface area contributed by atoms with Crippen LogP contribution < -0.4 is 5.32 Å². The second-order valence-corrected chi connectivity index (χ2v) is 5.62. The van der Waals surface area contributed by atoms with Crippen molar-refractivity contribution in [3.8, 4) is 0 Å². The normalized spacial score (nSPS) is 25.1. The minimum Gasteiger partial charge on any atom is -0.466 e. The molecule has 1 N–H and O–H groups in total. The van der Waals surface area contributed by atoms with Crippen LogP contribution >= 0.6 is 0 Å². The lowest BCUT2D eigenvalue weighted by Crippen LogP contribution is -2.47. The van der Waals surface area contributed by atoms with Crippen LogP contribution in [0.4, 0.5) is 0 Å². The number of esters is 1. The van der Waals surface area contributed by atoms with Gasteiger partial charge in [-0.25, -0.2) is 0 Å². The number of carbonyl (C=O) groups excluding carboxylic acids is 1. The number of carbonyl (C=O) groups is 1. The van der Waals surface area contributed by atoms with Gasteiger partial charge < -0.3 is 10.1 Å². The summed E-state index contributed by atoms with van der Waals surface area (Å²) in [5, 5.41) is 3.56. The van der Waals surface area contributed by atoms with Crippen LogP contribution in [0.1, 0.15) is 57.1 Å². The zero-order valence-electron chi connectivity index (χ0n) is 12.7. The Labute approximate surface area is 121 Å². The number of nitrogens with one attached hydrogen (secondary N) is 1. The zero-order chi connectivity index (χ0) is 14.6. The molecule has 2 unspecified atom stereocenters. The third-order valence-corrected chi connectivity index (χ3v) is 4.28. The molecule has 3 nitrogen and oxygen atoms in total. The molecule has 1 aromatic rings. The Kier molecular flexibility index (Phi) is 4.81. The van der Waals surface area contributed by atoms with Gasteiger partial charge >= 0.3 is 5.97 Å². The van der Waals surface area contributed by atoms with Crippen LogP contribution in [0.5, 0.6) is 0 Å². The van der Waals surface area contributed by atoms with E-state index in [9.17, 15) is 4.79 Å². The molecule has 0 heterocycles. The fourth-order valence-electron chi connectivity index (χ4n) is 3.34.